The van der Waals surface area contributed by atoms with Crippen LogP contribution >= 0.6 is 11.3 Å². The summed E-state index contributed by atoms with van der Waals surface area (Å²) >= 11 is 0.402. The first-order valence-electron chi connectivity index (χ1n) is 4.68. The molecule has 0 saturated carbocycles. The van der Waals surface area contributed by atoms with Crippen molar-refractivity contribution in [1.29, 1.82) is 0 Å². The van der Waals surface area contributed by atoms with Gasteiger partial charge in [-0.2, -0.15) is 17.6 Å². The van der Waals surface area contributed by atoms with Gasteiger partial charge >= 0.3 is 6.18 Å². The number of aryl methyl sites for hydroxylation is 1. The van der Waals surface area contributed by atoms with E-state index in [2.05, 4.69) is 4.98 Å². The van der Waals surface area contributed by atoms with Crippen molar-refractivity contribution in [2.45, 2.75) is 13.1 Å². The molecule has 0 aliphatic carbocycles. The third-order valence-electron chi connectivity index (χ3n) is 2.15. The van der Waals surface area contributed by atoms with Crippen molar-refractivity contribution in [3.05, 3.63) is 40.7 Å². The number of alkyl halides is 3. The molecule has 0 aliphatic rings. The summed E-state index contributed by atoms with van der Waals surface area (Å²) < 4.78 is 50.1. The monoisotopic (exact) mass is 261 g/mol. The van der Waals surface area contributed by atoms with Crippen molar-refractivity contribution in [2.75, 3.05) is 0 Å². The molecular formula is C11H7F4NS. The predicted molar refractivity (Wildman–Crippen MR) is 57.2 cm³/mol. The van der Waals surface area contributed by atoms with Crippen molar-refractivity contribution in [3.63, 3.8) is 0 Å². The molecule has 0 radical (unpaired) electrons. The number of halogens is 4. The molecule has 0 saturated heterocycles. The highest BCUT2D eigenvalue weighted by Crippen LogP contribution is 2.36. The topological polar surface area (TPSA) is 12.9 Å². The molecule has 1 aromatic carbocycles. The maximum Gasteiger partial charge on any atom is 0.437 e. The van der Waals surface area contributed by atoms with E-state index >= 15 is 0 Å². The van der Waals surface area contributed by atoms with Crippen LogP contribution in [0.5, 0.6) is 0 Å². The number of hydrogen-bond donors (Lipinski definition) is 0. The number of rotatable bonds is 1. The van der Waals surface area contributed by atoms with Gasteiger partial charge in [-0.05, 0) is 6.92 Å². The molecule has 0 spiro atoms. The Labute approximate surface area is 98.7 Å². The first kappa shape index (κ1) is 12.0. The number of thiazole rings is 1. The summed E-state index contributed by atoms with van der Waals surface area (Å²) in [7, 11) is 0. The summed E-state index contributed by atoms with van der Waals surface area (Å²) in [6, 6.07) is 6.71. The molecule has 0 atom stereocenters. The van der Waals surface area contributed by atoms with Crippen molar-refractivity contribution in [3.8, 4) is 10.6 Å². The Balaban J connectivity index is 2.45. The standard InChI is InChI=1S/C11H7F4NS/c1-6-2-4-7(5-3-6)10-16-8(9(12)17-10)11(13,14)15/h2-5H,1H3. The van der Waals surface area contributed by atoms with Gasteiger partial charge in [0.15, 0.2) is 5.69 Å². The van der Waals surface area contributed by atoms with E-state index in [0.717, 1.165) is 5.56 Å². The predicted octanol–water partition coefficient (Wildman–Crippen LogP) is 4.28. The molecule has 2 aromatic rings. The van der Waals surface area contributed by atoms with E-state index in [1.54, 1.807) is 24.3 Å². The van der Waals surface area contributed by atoms with Crippen LogP contribution < -0.4 is 0 Å². The molecule has 0 fully saturated rings. The lowest BCUT2D eigenvalue weighted by Gasteiger charge is -2.00. The Morgan fingerprint density at radius 1 is 1.12 bits per heavy atom. The van der Waals surface area contributed by atoms with Gasteiger partial charge in [0.1, 0.15) is 5.01 Å². The van der Waals surface area contributed by atoms with Gasteiger partial charge in [-0.25, -0.2) is 4.98 Å². The van der Waals surface area contributed by atoms with Crippen LogP contribution in [0.25, 0.3) is 10.6 Å². The summed E-state index contributed by atoms with van der Waals surface area (Å²) in [4.78, 5) is 3.30. The fraction of sp³-hybridized carbons (Fsp3) is 0.182. The number of nitrogens with zero attached hydrogens (tertiary/aromatic N) is 1. The molecular weight excluding hydrogens is 254 g/mol. The number of hydrogen-bond acceptors (Lipinski definition) is 2. The minimum Gasteiger partial charge on any atom is -0.228 e. The zero-order valence-corrected chi connectivity index (χ0v) is 9.49. The smallest absolute Gasteiger partial charge is 0.228 e. The van der Waals surface area contributed by atoms with Gasteiger partial charge in [0, 0.05) is 5.56 Å². The quantitative estimate of drug-likeness (QED) is 0.698. The lowest BCUT2D eigenvalue weighted by Crippen LogP contribution is -2.07. The van der Waals surface area contributed by atoms with Gasteiger partial charge in [-0.15, -0.1) is 0 Å². The van der Waals surface area contributed by atoms with E-state index in [0.29, 0.717) is 16.9 Å². The van der Waals surface area contributed by atoms with Crippen LogP contribution in [0.3, 0.4) is 0 Å². The Kier molecular flexibility index (Phi) is 2.91. The summed E-state index contributed by atoms with van der Waals surface area (Å²) in [5.74, 6) is 0. The van der Waals surface area contributed by atoms with Crippen LogP contribution in [0.15, 0.2) is 24.3 Å². The van der Waals surface area contributed by atoms with Crippen LogP contribution in [0, 0.1) is 12.1 Å². The summed E-state index contributed by atoms with van der Waals surface area (Å²) in [5, 5.41) is -1.26. The molecule has 0 bridgehead atoms. The molecule has 6 heteroatoms. The van der Waals surface area contributed by atoms with Crippen molar-refractivity contribution < 1.29 is 17.6 Å². The first-order chi connectivity index (χ1) is 7.88. The summed E-state index contributed by atoms with van der Waals surface area (Å²) in [5.41, 5.74) is 0.00916. The van der Waals surface area contributed by atoms with E-state index in [9.17, 15) is 17.6 Å². The van der Waals surface area contributed by atoms with Gasteiger partial charge in [0.05, 0.1) is 0 Å². The molecule has 90 valence electrons. The molecule has 1 heterocycles. The molecule has 0 aliphatic heterocycles. The van der Waals surface area contributed by atoms with Crippen molar-refractivity contribution in [2.24, 2.45) is 0 Å². The first-order valence-corrected chi connectivity index (χ1v) is 5.50. The third-order valence-corrected chi connectivity index (χ3v) is 3.05. The van der Waals surface area contributed by atoms with Crippen molar-refractivity contribution >= 4 is 11.3 Å². The Morgan fingerprint density at radius 2 is 1.71 bits per heavy atom. The summed E-state index contributed by atoms with van der Waals surface area (Å²) in [6.07, 6.45) is -4.75. The molecule has 1 nitrogen and oxygen atoms in total. The molecule has 0 amide bonds. The largest absolute Gasteiger partial charge is 0.437 e. The van der Waals surface area contributed by atoms with Gasteiger partial charge in [-0.1, -0.05) is 41.2 Å². The fourth-order valence-electron chi connectivity index (χ4n) is 1.30. The maximum atomic E-state index is 13.1. The second-order valence-electron chi connectivity index (χ2n) is 3.51. The van der Waals surface area contributed by atoms with Crippen LogP contribution in [0.4, 0.5) is 17.6 Å². The van der Waals surface area contributed by atoms with E-state index in [-0.39, 0.29) is 5.01 Å². The average Bonchev–Trinajstić information content (AvgIpc) is 2.61. The van der Waals surface area contributed by atoms with Gasteiger partial charge in [-0.3, -0.25) is 0 Å². The zero-order valence-electron chi connectivity index (χ0n) is 8.68. The lowest BCUT2D eigenvalue weighted by atomic mass is 10.2. The summed E-state index contributed by atoms with van der Waals surface area (Å²) in [6.45, 7) is 1.85. The molecule has 0 N–H and O–H groups in total. The lowest BCUT2D eigenvalue weighted by molar-refractivity contribution is -0.142. The molecule has 1 aromatic heterocycles. The highest BCUT2D eigenvalue weighted by atomic mass is 32.1. The zero-order chi connectivity index (χ0) is 12.6. The van der Waals surface area contributed by atoms with E-state index in [4.69, 9.17) is 0 Å². The minimum atomic E-state index is -4.75. The molecule has 0 unspecified atom stereocenters. The fourth-order valence-corrected chi connectivity index (χ4v) is 2.11. The maximum absolute atomic E-state index is 13.1. The SMILES string of the molecule is Cc1ccc(-c2nc(C(F)(F)F)c(F)s2)cc1. The molecule has 2 rings (SSSR count). The Bertz CT molecular complexity index is 527. The number of aromatic nitrogens is 1. The van der Waals surface area contributed by atoms with Crippen molar-refractivity contribution in [1.82, 2.24) is 4.98 Å². The van der Waals surface area contributed by atoms with Crippen LogP contribution in [-0.4, -0.2) is 4.98 Å². The van der Waals surface area contributed by atoms with Gasteiger partial charge < -0.3 is 0 Å². The second-order valence-corrected chi connectivity index (χ2v) is 4.45. The minimum absolute atomic E-state index is 0.0369. The van der Waals surface area contributed by atoms with Crippen LogP contribution in [-0.2, 0) is 6.18 Å². The normalized spacial score (nSPS) is 11.8. The third kappa shape index (κ3) is 2.46. The Hall–Kier alpha value is -1.43. The highest BCUT2D eigenvalue weighted by Gasteiger charge is 2.38. The van der Waals surface area contributed by atoms with E-state index < -0.39 is 17.0 Å². The van der Waals surface area contributed by atoms with Gasteiger partial charge in [0.25, 0.3) is 0 Å². The number of benzene rings is 1. The van der Waals surface area contributed by atoms with Crippen LogP contribution in [0.2, 0.25) is 0 Å². The molecule has 17 heavy (non-hydrogen) atoms. The Morgan fingerprint density at radius 3 is 2.18 bits per heavy atom. The van der Waals surface area contributed by atoms with E-state index in [1.165, 1.54) is 0 Å². The van der Waals surface area contributed by atoms with E-state index in [1.807, 2.05) is 6.92 Å². The highest BCUT2D eigenvalue weighted by molar-refractivity contribution is 7.13. The van der Waals surface area contributed by atoms with Gasteiger partial charge in [0.2, 0.25) is 5.13 Å². The van der Waals surface area contributed by atoms with Crippen LogP contribution in [0.1, 0.15) is 11.3 Å². The average molecular weight is 261 g/mol. The second kappa shape index (κ2) is 4.10.